The fourth-order valence-corrected chi connectivity index (χ4v) is 7.00. The minimum absolute atomic E-state index is 0.00792. The van der Waals surface area contributed by atoms with E-state index >= 15 is 0 Å². The zero-order valence-electron chi connectivity index (χ0n) is 15.7. The monoisotopic (exact) mass is 368 g/mol. The lowest BCUT2D eigenvalue weighted by Gasteiger charge is -2.58. The Morgan fingerprint density at radius 2 is 2.22 bits per heavy atom. The van der Waals surface area contributed by atoms with Crippen LogP contribution < -0.4 is 9.64 Å². The molecule has 4 atom stereocenters. The Bertz CT molecular complexity index is 912. The summed E-state index contributed by atoms with van der Waals surface area (Å²) in [6, 6.07) is 3.65. The molecule has 27 heavy (non-hydrogen) atoms. The van der Waals surface area contributed by atoms with Crippen molar-refractivity contribution >= 4 is 11.6 Å². The van der Waals surface area contributed by atoms with Crippen LogP contribution in [0, 0.1) is 5.92 Å². The van der Waals surface area contributed by atoms with Gasteiger partial charge in [-0.15, -0.1) is 0 Å². The predicted octanol–water partition coefficient (Wildman–Crippen LogP) is 2.16. The van der Waals surface area contributed by atoms with Crippen molar-refractivity contribution in [2.45, 2.75) is 43.4 Å². The van der Waals surface area contributed by atoms with Gasteiger partial charge in [-0.05, 0) is 42.4 Å². The molecule has 2 bridgehead atoms. The molecule has 1 aromatic carbocycles. The molecule has 6 rings (SSSR count). The quantitative estimate of drug-likeness (QED) is 0.770. The molecule has 4 heterocycles. The number of ether oxygens (including phenoxy) is 2. The second-order valence-corrected chi connectivity index (χ2v) is 8.49. The molecule has 1 N–H and O–H groups in total. The molecule has 2 spiro atoms. The molecular weight excluding hydrogens is 344 g/mol. The SMILES string of the molecule is COc1cc(O)c2c(c1)[C@@]13CCN4CC[C@@H](C[C@@H]1N2C(C)=O)C1=CCO[C@]143. The first kappa shape index (κ1) is 16.0. The molecule has 1 aliphatic carbocycles. The highest BCUT2D eigenvalue weighted by molar-refractivity contribution is 5.98. The molecule has 5 aliphatic rings. The van der Waals surface area contributed by atoms with Crippen molar-refractivity contribution in [1.82, 2.24) is 4.90 Å². The number of anilines is 1. The van der Waals surface area contributed by atoms with Gasteiger partial charge in [0.15, 0.2) is 5.72 Å². The minimum Gasteiger partial charge on any atom is -0.506 e. The molecule has 0 unspecified atom stereocenters. The lowest BCUT2D eigenvalue weighted by Crippen LogP contribution is -2.69. The summed E-state index contributed by atoms with van der Waals surface area (Å²) in [4.78, 5) is 17.1. The number of hydrogen-bond acceptors (Lipinski definition) is 5. The molecule has 1 saturated carbocycles. The second kappa shape index (κ2) is 4.86. The molecule has 0 radical (unpaired) electrons. The first-order valence-corrected chi connectivity index (χ1v) is 9.85. The maximum atomic E-state index is 12.8. The molecule has 2 saturated heterocycles. The Morgan fingerprint density at radius 3 is 3.00 bits per heavy atom. The molecule has 3 fully saturated rings. The maximum Gasteiger partial charge on any atom is 0.224 e. The normalized spacial score (nSPS) is 38.3. The van der Waals surface area contributed by atoms with Crippen LogP contribution >= 0.6 is 0 Å². The van der Waals surface area contributed by atoms with Crippen LogP contribution in [0.25, 0.3) is 0 Å². The summed E-state index contributed by atoms with van der Waals surface area (Å²) in [6.45, 7) is 4.21. The maximum absolute atomic E-state index is 12.8. The van der Waals surface area contributed by atoms with E-state index in [4.69, 9.17) is 9.47 Å². The lowest BCUT2D eigenvalue weighted by molar-refractivity contribution is -0.158. The van der Waals surface area contributed by atoms with Gasteiger partial charge in [-0.1, -0.05) is 6.08 Å². The Morgan fingerprint density at radius 1 is 1.37 bits per heavy atom. The van der Waals surface area contributed by atoms with E-state index in [1.807, 2.05) is 11.0 Å². The molecule has 6 heteroatoms. The fraction of sp³-hybridized carbons (Fsp3) is 0.571. The molecule has 4 aliphatic heterocycles. The molecular formula is C21H24N2O4. The standard InChI is InChI=1S/C21H24N2O4/c1-12(24)23-18-9-13-3-6-22-7-5-20(18,21(22)15(13)4-8-27-21)16-10-14(26-2)11-17(25)19(16)23/h4,10-11,13,18,25H,3,5-9H2,1-2H3/t13-,18-,20-,21-/m0/s1. The number of carbonyl (C=O) groups excluding carboxylic acids is 1. The number of aromatic hydroxyl groups is 1. The van der Waals surface area contributed by atoms with Gasteiger partial charge in [-0.3, -0.25) is 9.69 Å². The van der Waals surface area contributed by atoms with E-state index < -0.39 is 5.72 Å². The summed E-state index contributed by atoms with van der Waals surface area (Å²) in [5.74, 6) is 1.18. The van der Waals surface area contributed by atoms with Gasteiger partial charge in [0.1, 0.15) is 11.5 Å². The fourth-order valence-electron chi connectivity index (χ4n) is 7.00. The van der Waals surface area contributed by atoms with Gasteiger partial charge in [-0.25, -0.2) is 0 Å². The Labute approximate surface area is 158 Å². The summed E-state index contributed by atoms with van der Waals surface area (Å²) in [7, 11) is 1.61. The molecule has 1 aromatic rings. The van der Waals surface area contributed by atoms with Crippen molar-refractivity contribution in [3.05, 3.63) is 29.3 Å². The van der Waals surface area contributed by atoms with E-state index in [-0.39, 0.29) is 23.1 Å². The van der Waals surface area contributed by atoms with Gasteiger partial charge in [-0.2, -0.15) is 0 Å². The summed E-state index contributed by atoms with van der Waals surface area (Å²) in [6.07, 6.45) is 5.24. The summed E-state index contributed by atoms with van der Waals surface area (Å²) in [5, 5.41) is 10.9. The van der Waals surface area contributed by atoms with Crippen molar-refractivity contribution in [2.75, 3.05) is 31.7 Å². The number of benzene rings is 1. The van der Waals surface area contributed by atoms with E-state index in [1.165, 1.54) is 5.57 Å². The van der Waals surface area contributed by atoms with Crippen molar-refractivity contribution in [1.29, 1.82) is 0 Å². The number of phenols is 1. The number of nitrogens with zero attached hydrogens (tertiary/aromatic N) is 2. The van der Waals surface area contributed by atoms with Crippen LogP contribution in [-0.2, 0) is 14.9 Å². The first-order valence-electron chi connectivity index (χ1n) is 9.85. The zero-order chi connectivity index (χ0) is 18.6. The van der Waals surface area contributed by atoms with E-state index in [0.717, 1.165) is 37.9 Å². The first-order chi connectivity index (χ1) is 13.0. The van der Waals surface area contributed by atoms with Crippen molar-refractivity contribution in [3.63, 3.8) is 0 Å². The van der Waals surface area contributed by atoms with Crippen molar-refractivity contribution in [3.8, 4) is 11.5 Å². The smallest absolute Gasteiger partial charge is 0.224 e. The second-order valence-electron chi connectivity index (χ2n) is 8.49. The van der Waals surface area contributed by atoms with Crippen LogP contribution in [-0.4, -0.2) is 54.5 Å². The number of methoxy groups -OCH3 is 1. The van der Waals surface area contributed by atoms with Crippen molar-refractivity contribution in [2.24, 2.45) is 5.92 Å². The van der Waals surface area contributed by atoms with Gasteiger partial charge in [0.25, 0.3) is 0 Å². The number of fused-ring (bicyclic) bond motifs is 1. The molecule has 1 amide bonds. The van der Waals surface area contributed by atoms with Crippen LogP contribution in [0.2, 0.25) is 0 Å². The van der Waals surface area contributed by atoms with Crippen LogP contribution in [0.5, 0.6) is 11.5 Å². The number of amides is 1. The lowest BCUT2D eigenvalue weighted by atomic mass is 9.56. The van der Waals surface area contributed by atoms with Gasteiger partial charge in [0.05, 0.1) is 30.9 Å². The number of rotatable bonds is 1. The van der Waals surface area contributed by atoms with Gasteiger partial charge < -0.3 is 19.5 Å². The third kappa shape index (κ3) is 1.53. The van der Waals surface area contributed by atoms with Gasteiger partial charge >= 0.3 is 0 Å². The van der Waals surface area contributed by atoms with Crippen LogP contribution in [0.4, 0.5) is 5.69 Å². The van der Waals surface area contributed by atoms with Crippen LogP contribution in [0.15, 0.2) is 23.8 Å². The number of carbonyl (C=O) groups is 1. The Hall–Kier alpha value is -2.05. The van der Waals surface area contributed by atoms with Crippen LogP contribution in [0.3, 0.4) is 0 Å². The average molecular weight is 368 g/mol. The van der Waals surface area contributed by atoms with E-state index in [1.54, 1.807) is 20.1 Å². The van der Waals surface area contributed by atoms with E-state index in [2.05, 4.69) is 11.0 Å². The average Bonchev–Trinajstić information content (AvgIpc) is 3.31. The highest BCUT2D eigenvalue weighted by atomic mass is 16.5. The third-order valence-electron chi connectivity index (χ3n) is 7.75. The van der Waals surface area contributed by atoms with Gasteiger partial charge in [0.2, 0.25) is 5.91 Å². The van der Waals surface area contributed by atoms with Crippen LogP contribution in [0.1, 0.15) is 31.7 Å². The summed E-state index contributed by atoms with van der Waals surface area (Å²) < 4.78 is 12.1. The van der Waals surface area contributed by atoms with Crippen molar-refractivity contribution < 1.29 is 19.4 Å². The minimum atomic E-state index is -0.476. The Balaban J connectivity index is 1.70. The van der Waals surface area contributed by atoms with E-state index in [9.17, 15) is 9.90 Å². The number of phenolic OH excluding ortho intramolecular Hbond substituents is 1. The number of piperidine rings is 1. The molecule has 142 valence electrons. The largest absolute Gasteiger partial charge is 0.506 e. The summed E-state index contributed by atoms with van der Waals surface area (Å²) in [5.41, 5.74) is 2.25. The van der Waals surface area contributed by atoms with Gasteiger partial charge in [0, 0.05) is 26.1 Å². The zero-order valence-corrected chi connectivity index (χ0v) is 15.7. The highest BCUT2D eigenvalue weighted by Gasteiger charge is 2.76. The Kier molecular flexibility index (Phi) is 2.87. The molecule has 6 nitrogen and oxygen atoms in total. The predicted molar refractivity (Wildman–Crippen MR) is 99.0 cm³/mol. The van der Waals surface area contributed by atoms with E-state index in [0.29, 0.717) is 24.0 Å². The topological polar surface area (TPSA) is 62.2 Å². The number of hydrogen-bond donors (Lipinski definition) is 1. The summed E-state index contributed by atoms with van der Waals surface area (Å²) >= 11 is 0. The highest BCUT2D eigenvalue weighted by Crippen LogP contribution is 2.70. The third-order valence-corrected chi connectivity index (χ3v) is 7.75. The molecule has 0 aromatic heterocycles.